The number of nitrogens with zero attached hydrogens (tertiary/aromatic N) is 1. The van der Waals surface area contributed by atoms with Gasteiger partial charge in [-0.25, -0.2) is 4.39 Å². The summed E-state index contributed by atoms with van der Waals surface area (Å²) in [5.74, 6) is -0.594. The van der Waals surface area contributed by atoms with Gasteiger partial charge in [-0.05, 0) is 25.8 Å². The highest BCUT2D eigenvalue weighted by molar-refractivity contribution is 5.84. The summed E-state index contributed by atoms with van der Waals surface area (Å²) in [6.45, 7) is 2.38. The van der Waals surface area contributed by atoms with Crippen molar-refractivity contribution in [2.45, 2.75) is 64.1 Å². The van der Waals surface area contributed by atoms with Gasteiger partial charge in [0.25, 0.3) is 0 Å². The van der Waals surface area contributed by atoms with Gasteiger partial charge in [0.05, 0.1) is 12.6 Å². The van der Waals surface area contributed by atoms with Crippen LogP contribution >= 0.6 is 0 Å². The summed E-state index contributed by atoms with van der Waals surface area (Å²) in [4.78, 5) is 26.3. The summed E-state index contributed by atoms with van der Waals surface area (Å²) in [7, 11) is 1.57. The van der Waals surface area contributed by atoms with Crippen molar-refractivity contribution >= 4 is 11.8 Å². The van der Waals surface area contributed by atoms with Gasteiger partial charge in [0.2, 0.25) is 11.8 Å². The van der Waals surface area contributed by atoms with Crippen LogP contribution in [0.1, 0.15) is 51.0 Å². The normalized spacial score (nSPS) is 15.7. The molecule has 0 saturated heterocycles. The third-order valence-electron chi connectivity index (χ3n) is 4.85. The van der Waals surface area contributed by atoms with Crippen LogP contribution < -0.4 is 5.32 Å². The fourth-order valence-electron chi connectivity index (χ4n) is 3.37. The van der Waals surface area contributed by atoms with E-state index in [1.807, 2.05) is 6.92 Å². The van der Waals surface area contributed by atoms with Gasteiger partial charge in [-0.15, -0.1) is 0 Å². The first-order valence-electron chi connectivity index (χ1n) is 9.32. The highest BCUT2D eigenvalue weighted by Crippen LogP contribution is 2.18. The summed E-state index contributed by atoms with van der Waals surface area (Å²) < 4.78 is 19.1. The topological polar surface area (TPSA) is 58.6 Å². The smallest absolute Gasteiger partial charge is 0.223 e. The standard InChI is InChI=1S/C20H29FN2O3/c1-15(14-26-2)23(13-16-7-3-6-10-18(16)21)20(25)12-11-19(24)22-17-8-4-5-9-17/h3,6-7,10,15,17H,4-5,8-9,11-14H2,1-2H3,(H,22,24). The predicted molar refractivity (Wildman–Crippen MR) is 97.9 cm³/mol. The maximum Gasteiger partial charge on any atom is 0.223 e. The van der Waals surface area contributed by atoms with Crippen LogP contribution in [-0.2, 0) is 20.9 Å². The maximum atomic E-state index is 14.0. The Morgan fingerprint density at radius 1 is 1.27 bits per heavy atom. The fraction of sp³-hybridized carbons (Fsp3) is 0.600. The summed E-state index contributed by atoms with van der Waals surface area (Å²) >= 11 is 0. The van der Waals surface area contributed by atoms with Crippen LogP contribution in [0.2, 0.25) is 0 Å². The molecule has 2 rings (SSSR count). The third kappa shape index (κ3) is 6.09. The summed E-state index contributed by atoms with van der Waals surface area (Å²) in [5, 5.41) is 2.99. The largest absolute Gasteiger partial charge is 0.383 e. The lowest BCUT2D eigenvalue weighted by Gasteiger charge is -2.29. The number of ether oxygens (including phenoxy) is 1. The molecule has 0 bridgehead atoms. The van der Waals surface area contributed by atoms with Crippen molar-refractivity contribution in [1.82, 2.24) is 10.2 Å². The molecule has 5 nitrogen and oxygen atoms in total. The second kappa shape index (κ2) is 10.3. The van der Waals surface area contributed by atoms with Gasteiger partial charge in [-0.1, -0.05) is 31.0 Å². The molecule has 0 spiro atoms. The Hall–Kier alpha value is -1.95. The molecule has 0 radical (unpaired) electrons. The molecule has 1 aromatic rings. The van der Waals surface area contributed by atoms with Crippen LogP contribution in [0.5, 0.6) is 0 Å². The number of rotatable bonds is 9. The highest BCUT2D eigenvalue weighted by Gasteiger charge is 2.23. The van der Waals surface area contributed by atoms with Gasteiger partial charge in [-0.3, -0.25) is 9.59 Å². The summed E-state index contributed by atoms with van der Waals surface area (Å²) in [5.41, 5.74) is 0.458. The number of carbonyl (C=O) groups excluding carboxylic acids is 2. The zero-order valence-corrected chi connectivity index (χ0v) is 15.7. The van der Waals surface area contributed by atoms with Crippen molar-refractivity contribution in [2.75, 3.05) is 13.7 Å². The number of carbonyl (C=O) groups is 2. The lowest BCUT2D eigenvalue weighted by atomic mass is 10.1. The van der Waals surface area contributed by atoms with Crippen molar-refractivity contribution in [2.24, 2.45) is 0 Å². The van der Waals surface area contributed by atoms with E-state index in [1.165, 1.54) is 6.07 Å². The second-order valence-corrected chi connectivity index (χ2v) is 6.97. The van der Waals surface area contributed by atoms with Crippen LogP contribution in [0.3, 0.4) is 0 Å². The molecule has 1 atom stereocenters. The predicted octanol–water partition coefficient (Wildman–Crippen LogP) is 3.03. The van der Waals surface area contributed by atoms with Crippen LogP contribution in [-0.4, -0.2) is 42.5 Å². The molecule has 1 aliphatic carbocycles. The van der Waals surface area contributed by atoms with E-state index >= 15 is 0 Å². The van der Waals surface area contributed by atoms with Crippen molar-refractivity contribution in [3.63, 3.8) is 0 Å². The van der Waals surface area contributed by atoms with Crippen LogP contribution in [0.25, 0.3) is 0 Å². The minimum Gasteiger partial charge on any atom is -0.383 e. The molecule has 1 fully saturated rings. The Morgan fingerprint density at radius 2 is 1.96 bits per heavy atom. The number of hydrogen-bond donors (Lipinski definition) is 1. The van der Waals surface area contributed by atoms with Crippen molar-refractivity contribution in [1.29, 1.82) is 0 Å². The molecule has 1 N–H and O–H groups in total. The Kier molecular flexibility index (Phi) is 8.04. The van der Waals surface area contributed by atoms with E-state index in [1.54, 1.807) is 30.2 Å². The zero-order valence-electron chi connectivity index (χ0n) is 15.7. The summed E-state index contributed by atoms with van der Waals surface area (Å²) in [6.07, 6.45) is 4.60. The average molecular weight is 364 g/mol. The molecule has 1 aromatic carbocycles. The van der Waals surface area contributed by atoms with E-state index in [0.29, 0.717) is 12.2 Å². The fourth-order valence-corrected chi connectivity index (χ4v) is 3.37. The number of methoxy groups -OCH3 is 1. The lowest BCUT2D eigenvalue weighted by molar-refractivity contribution is -0.137. The molecule has 2 amide bonds. The van der Waals surface area contributed by atoms with Gasteiger partial charge < -0.3 is 15.0 Å². The van der Waals surface area contributed by atoms with E-state index in [4.69, 9.17) is 4.74 Å². The van der Waals surface area contributed by atoms with Gasteiger partial charge in [0.1, 0.15) is 5.82 Å². The van der Waals surface area contributed by atoms with Crippen molar-refractivity contribution in [3.05, 3.63) is 35.6 Å². The van der Waals surface area contributed by atoms with Gasteiger partial charge in [0, 0.05) is 38.1 Å². The Labute approximate surface area is 154 Å². The number of hydrogen-bond acceptors (Lipinski definition) is 3. The minimum atomic E-state index is -0.339. The van der Waals surface area contributed by atoms with E-state index in [9.17, 15) is 14.0 Å². The number of benzene rings is 1. The van der Waals surface area contributed by atoms with Gasteiger partial charge in [-0.2, -0.15) is 0 Å². The Balaban J connectivity index is 1.94. The molecular weight excluding hydrogens is 335 g/mol. The number of halogens is 1. The van der Waals surface area contributed by atoms with Crippen molar-refractivity contribution in [3.8, 4) is 0 Å². The molecule has 0 aromatic heterocycles. The van der Waals surface area contributed by atoms with Gasteiger partial charge >= 0.3 is 0 Å². The van der Waals surface area contributed by atoms with Crippen LogP contribution in [0, 0.1) is 5.82 Å². The molecule has 6 heteroatoms. The van der Waals surface area contributed by atoms with Gasteiger partial charge in [0.15, 0.2) is 0 Å². The van der Waals surface area contributed by atoms with E-state index in [0.717, 1.165) is 25.7 Å². The maximum absolute atomic E-state index is 14.0. The van der Waals surface area contributed by atoms with E-state index < -0.39 is 0 Å². The van der Waals surface area contributed by atoms with Crippen LogP contribution in [0.4, 0.5) is 4.39 Å². The monoisotopic (exact) mass is 364 g/mol. The first kappa shape index (κ1) is 20.4. The van der Waals surface area contributed by atoms with Crippen LogP contribution in [0.15, 0.2) is 24.3 Å². The molecular formula is C20H29FN2O3. The second-order valence-electron chi connectivity index (χ2n) is 6.97. The third-order valence-corrected chi connectivity index (χ3v) is 4.85. The molecule has 1 unspecified atom stereocenters. The molecule has 1 aliphatic rings. The zero-order chi connectivity index (χ0) is 18.9. The van der Waals surface area contributed by atoms with Crippen molar-refractivity contribution < 1.29 is 18.7 Å². The molecule has 0 heterocycles. The van der Waals surface area contributed by atoms with E-state index in [2.05, 4.69) is 5.32 Å². The number of nitrogens with one attached hydrogen (secondary N) is 1. The molecule has 0 aliphatic heterocycles. The molecule has 26 heavy (non-hydrogen) atoms. The quantitative estimate of drug-likeness (QED) is 0.733. The first-order chi connectivity index (χ1) is 12.5. The molecule has 144 valence electrons. The first-order valence-corrected chi connectivity index (χ1v) is 9.32. The minimum absolute atomic E-state index is 0.0875. The SMILES string of the molecule is COCC(C)N(Cc1ccccc1F)C(=O)CCC(=O)NC1CCCC1. The Bertz CT molecular complexity index is 602. The average Bonchev–Trinajstić information content (AvgIpc) is 3.12. The number of amides is 2. The van der Waals surface area contributed by atoms with E-state index in [-0.39, 0.29) is 49.1 Å². The Morgan fingerprint density at radius 3 is 2.62 bits per heavy atom. The summed E-state index contributed by atoms with van der Waals surface area (Å²) in [6, 6.07) is 6.47. The highest BCUT2D eigenvalue weighted by atomic mass is 19.1. The molecule has 1 saturated carbocycles. The lowest BCUT2D eigenvalue weighted by Crippen LogP contribution is -2.41.